The molecule has 0 fully saturated rings. The van der Waals surface area contributed by atoms with E-state index < -0.39 is 22.9 Å². The lowest BCUT2D eigenvalue weighted by Crippen LogP contribution is -2.28. The monoisotopic (exact) mass is 331 g/mol. The van der Waals surface area contributed by atoms with Crippen LogP contribution < -0.4 is 5.73 Å². The van der Waals surface area contributed by atoms with Crippen LogP contribution in [0.15, 0.2) is 29.4 Å². The molecule has 0 saturated heterocycles. The Labute approximate surface area is 127 Å². The van der Waals surface area contributed by atoms with Crippen molar-refractivity contribution in [3.05, 3.63) is 35.4 Å². The fraction of sp³-hybridized carbons (Fsp3) is 0.333. The van der Waals surface area contributed by atoms with Crippen molar-refractivity contribution in [3.8, 4) is 0 Å². The van der Waals surface area contributed by atoms with E-state index in [1.54, 1.807) is 7.05 Å². The third-order valence-corrected chi connectivity index (χ3v) is 4.09. The zero-order valence-electron chi connectivity index (χ0n) is 11.4. The van der Waals surface area contributed by atoms with E-state index in [2.05, 4.69) is 15.5 Å². The maximum absolute atomic E-state index is 12.5. The molecule has 1 heterocycles. The van der Waals surface area contributed by atoms with Crippen molar-refractivity contribution >= 4 is 17.7 Å². The Kier molecular flexibility index (Phi) is 4.69. The number of amides is 1. The highest BCUT2D eigenvalue weighted by molar-refractivity contribution is 8.00. The summed E-state index contributed by atoms with van der Waals surface area (Å²) >= 11 is 1.06. The van der Waals surface area contributed by atoms with Gasteiger partial charge in [0.1, 0.15) is 0 Å². The minimum absolute atomic E-state index is 0.186. The van der Waals surface area contributed by atoms with Crippen molar-refractivity contribution in [2.24, 2.45) is 12.8 Å². The Balaban J connectivity index is 2.11. The average Bonchev–Trinajstić information content (AvgIpc) is 2.83. The Hall–Kier alpha value is -2.10. The van der Waals surface area contributed by atoms with Gasteiger partial charge >= 0.3 is 6.18 Å². The number of thioether (sulfide) groups is 1. The second kappa shape index (κ2) is 6.34. The molecule has 10 heteroatoms. The van der Waals surface area contributed by atoms with Crippen molar-refractivity contribution < 1.29 is 18.0 Å². The third kappa shape index (κ3) is 3.97. The third-order valence-electron chi connectivity index (χ3n) is 2.85. The van der Waals surface area contributed by atoms with Crippen LogP contribution in [0.25, 0.3) is 0 Å². The van der Waals surface area contributed by atoms with Crippen molar-refractivity contribution in [2.45, 2.75) is 23.0 Å². The second-order valence-corrected chi connectivity index (χ2v) is 5.66. The number of tetrazole rings is 1. The van der Waals surface area contributed by atoms with Gasteiger partial charge in [-0.05, 0) is 34.5 Å². The van der Waals surface area contributed by atoms with Gasteiger partial charge in [0.15, 0.2) is 0 Å². The minimum Gasteiger partial charge on any atom is -0.369 e. The molecule has 0 unspecified atom stereocenters. The Bertz CT molecular complexity index is 656. The van der Waals surface area contributed by atoms with E-state index in [1.807, 2.05) is 0 Å². The van der Waals surface area contributed by atoms with E-state index in [0.29, 0.717) is 10.7 Å². The first-order valence-corrected chi connectivity index (χ1v) is 7.00. The number of halogens is 3. The van der Waals surface area contributed by atoms with E-state index in [-0.39, 0.29) is 6.42 Å². The molecule has 0 spiro atoms. The van der Waals surface area contributed by atoms with E-state index in [4.69, 9.17) is 5.73 Å². The molecule has 0 radical (unpaired) electrons. The molecule has 1 atom stereocenters. The summed E-state index contributed by atoms with van der Waals surface area (Å²) in [5.41, 5.74) is 5.16. The van der Waals surface area contributed by atoms with Crippen LogP contribution in [-0.2, 0) is 24.4 Å². The summed E-state index contributed by atoms with van der Waals surface area (Å²) in [4.78, 5) is 11.5. The molecular weight excluding hydrogens is 319 g/mol. The number of carbonyl (C=O) groups excluding carboxylic acids is 1. The number of aromatic nitrogens is 4. The number of hydrogen-bond acceptors (Lipinski definition) is 5. The normalized spacial score (nSPS) is 13.1. The second-order valence-electron chi connectivity index (χ2n) is 4.49. The van der Waals surface area contributed by atoms with Gasteiger partial charge in [-0.1, -0.05) is 23.9 Å². The Morgan fingerprint density at radius 1 is 1.36 bits per heavy atom. The fourth-order valence-corrected chi connectivity index (χ4v) is 2.61. The van der Waals surface area contributed by atoms with Gasteiger partial charge in [-0.25, -0.2) is 4.68 Å². The summed E-state index contributed by atoms with van der Waals surface area (Å²) < 4.78 is 38.9. The standard InChI is InChI=1S/C12H12F3N5OS/c1-20-11(17-18-19-20)22-9(10(16)21)6-7-2-4-8(5-3-7)12(13,14)15/h2-5,9H,6H2,1H3,(H2,16,21)/t9-/m0/s1. The number of nitrogens with zero attached hydrogens (tertiary/aromatic N) is 4. The summed E-state index contributed by atoms with van der Waals surface area (Å²) in [5, 5.41) is 10.5. The molecule has 1 aromatic heterocycles. The highest BCUT2D eigenvalue weighted by Crippen LogP contribution is 2.30. The summed E-state index contributed by atoms with van der Waals surface area (Å²) in [6.45, 7) is 0. The molecule has 1 aromatic carbocycles. The van der Waals surface area contributed by atoms with Crippen LogP contribution in [-0.4, -0.2) is 31.4 Å². The largest absolute Gasteiger partial charge is 0.416 e. The molecule has 6 nitrogen and oxygen atoms in total. The first-order valence-electron chi connectivity index (χ1n) is 6.12. The number of carbonyl (C=O) groups is 1. The van der Waals surface area contributed by atoms with Gasteiger partial charge in [-0.15, -0.1) is 5.10 Å². The van der Waals surface area contributed by atoms with E-state index >= 15 is 0 Å². The Morgan fingerprint density at radius 2 is 2.00 bits per heavy atom. The number of aryl methyl sites for hydroxylation is 1. The van der Waals surface area contributed by atoms with Crippen LogP contribution in [0, 0.1) is 0 Å². The molecule has 2 aromatic rings. The van der Waals surface area contributed by atoms with Gasteiger partial charge in [0.2, 0.25) is 11.1 Å². The van der Waals surface area contributed by atoms with Gasteiger partial charge in [0.25, 0.3) is 0 Å². The molecule has 1 amide bonds. The summed E-state index contributed by atoms with van der Waals surface area (Å²) in [6.07, 6.45) is -4.20. The number of primary amides is 1. The smallest absolute Gasteiger partial charge is 0.369 e. The van der Waals surface area contributed by atoms with Crippen LogP contribution >= 0.6 is 11.8 Å². The van der Waals surface area contributed by atoms with Crippen molar-refractivity contribution in [2.75, 3.05) is 0 Å². The van der Waals surface area contributed by atoms with Crippen LogP contribution in [0.4, 0.5) is 13.2 Å². The minimum atomic E-state index is -4.39. The maximum Gasteiger partial charge on any atom is 0.416 e. The maximum atomic E-state index is 12.5. The molecule has 22 heavy (non-hydrogen) atoms. The molecule has 0 aliphatic carbocycles. The molecular formula is C12H12F3N5OS. The van der Waals surface area contributed by atoms with E-state index in [1.165, 1.54) is 16.8 Å². The average molecular weight is 331 g/mol. The topological polar surface area (TPSA) is 86.7 Å². The van der Waals surface area contributed by atoms with Crippen LogP contribution in [0.1, 0.15) is 11.1 Å². The van der Waals surface area contributed by atoms with Crippen molar-refractivity contribution in [1.82, 2.24) is 20.2 Å². The lowest BCUT2D eigenvalue weighted by Gasteiger charge is -2.13. The molecule has 0 saturated carbocycles. The predicted octanol–water partition coefficient (Wildman–Crippen LogP) is 1.42. The fourth-order valence-electron chi connectivity index (χ4n) is 1.69. The first-order chi connectivity index (χ1) is 10.3. The number of rotatable bonds is 5. The molecule has 2 rings (SSSR count). The highest BCUT2D eigenvalue weighted by Gasteiger charge is 2.30. The van der Waals surface area contributed by atoms with Crippen LogP contribution in [0.2, 0.25) is 0 Å². The molecule has 2 N–H and O–H groups in total. The number of benzene rings is 1. The summed E-state index contributed by atoms with van der Waals surface area (Å²) in [7, 11) is 1.61. The quantitative estimate of drug-likeness (QED) is 0.837. The zero-order valence-corrected chi connectivity index (χ0v) is 12.2. The van der Waals surface area contributed by atoms with Crippen molar-refractivity contribution in [3.63, 3.8) is 0 Å². The number of hydrogen-bond donors (Lipinski definition) is 1. The predicted molar refractivity (Wildman–Crippen MR) is 72.8 cm³/mol. The van der Waals surface area contributed by atoms with Gasteiger partial charge < -0.3 is 5.73 Å². The van der Waals surface area contributed by atoms with Crippen LogP contribution in [0.5, 0.6) is 0 Å². The summed E-state index contributed by atoms with van der Waals surface area (Å²) in [5.74, 6) is -0.590. The Morgan fingerprint density at radius 3 is 2.45 bits per heavy atom. The lowest BCUT2D eigenvalue weighted by atomic mass is 10.1. The highest BCUT2D eigenvalue weighted by atomic mass is 32.2. The van der Waals surface area contributed by atoms with Gasteiger partial charge in [0.05, 0.1) is 10.8 Å². The molecule has 118 valence electrons. The zero-order chi connectivity index (χ0) is 16.3. The van der Waals surface area contributed by atoms with Gasteiger partial charge in [-0.3, -0.25) is 4.79 Å². The first kappa shape index (κ1) is 16.3. The lowest BCUT2D eigenvalue weighted by molar-refractivity contribution is -0.137. The molecule has 0 aliphatic rings. The molecule has 0 aliphatic heterocycles. The van der Waals surface area contributed by atoms with Gasteiger partial charge in [-0.2, -0.15) is 13.2 Å². The molecule has 0 bridgehead atoms. The number of alkyl halides is 3. The van der Waals surface area contributed by atoms with Crippen molar-refractivity contribution in [1.29, 1.82) is 0 Å². The van der Waals surface area contributed by atoms with Gasteiger partial charge in [0, 0.05) is 7.05 Å². The summed E-state index contributed by atoms with van der Waals surface area (Å²) in [6, 6.07) is 4.60. The SMILES string of the molecule is Cn1nnnc1S[C@@H](Cc1ccc(C(F)(F)F)cc1)C(N)=O. The van der Waals surface area contributed by atoms with Crippen LogP contribution in [0.3, 0.4) is 0 Å². The van der Waals surface area contributed by atoms with E-state index in [0.717, 1.165) is 23.9 Å². The van der Waals surface area contributed by atoms with E-state index in [9.17, 15) is 18.0 Å². The number of nitrogens with two attached hydrogens (primary N) is 1.